The van der Waals surface area contributed by atoms with Gasteiger partial charge in [-0.05, 0) is 48.9 Å². The van der Waals surface area contributed by atoms with E-state index in [1.165, 1.54) is 17.3 Å². The molecular formula is C26H24N2O2S2. The van der Waals surface area contributed by atoms with Crippen molar-refractivity contribution in [3.05, 3.63) is 94.4 Å². The Morgan fingerprint density at radius 1 is 1.00 bits per heavy atom. The lowest BCUT2D eigenvalue weighted by molar-refractivity contribution is -0.113. The molecule has 3 aromatic rings. The van der Waals surface area contributed by atoms with Gasteiger partial charge < -0.3 is 9.64 Å². The number of thioether (sulfide) groups is 1. The molecule has 6 heteroatoms. The molecule has 32 heavy (non-hydrogen) atoms. The van der Waals surface area contributed by atoms with E-state index < -0.39 is 0 Å². The molecule has 0 spiro atoms. The average Bonchev–Trinajstić information content (AvgIpc) is 3.07. The van der Waals surface area contributed by atoms with E-state index in [0.29, 0.717) is 15.8 Å². The standard InChI is InChI=1S/C26H24N2O2S2/c1-18-8-10-19(11-9-18)17-30-23-7-5-4-6-20(23)16-24-25(29)28(26(31)32-24)22-14-12-21(13-15-22)27(2)3/h4-16H,17H2,1-3H3/b24-16-. The van der Waals surface area contributed by atoms with Crippen LogP contribution in [0.15, 0.2) is 77.7 Å². The molecule has 0 aliphatic carbocycles. The van der Waals surface area contributed by atoms with Crippen LogP contribution in [0.25, 0.3) is 6.08 Å². The molecule has 1 fully saturated rings. The minimum absolute atomic E-state index is 0.119. The number of thiocarbonyl (C=S) groups is 1. The van der Waals surface area contributed by atoms with Crippen molar-refractivity contribution in [2.75, 3.05) is 23.9 Å². The predicted octanol–water partition coefficient (Wildman–Crippen LogP) is 6.05. The number of aryl methyl sites for hydroxylation is 1. The molecular weight excluding hydrogens is 436 g/mol. The average molecular weight is 461 g/mol. The maximum absolute atomic E-state index is 13.2. The van der Waals surface area contributed by atoms with Crippen LogP contribution in [0, 0.1) is 6.92 Å². The second kappa shape index (κ2) is 9.59. The van der Waals surface area contributed by atoms with Crippen LogP contribution in [0.5, 0.6) is 5.75 Å². The summed E-state index contributed by atoms with van der Waals surface area (Å²) >= 11 is 6.83. The van der Waals surface area contributed by atoms with Crippen LogP contribution in [-0.2, 0) is 11.4 Å². The van der Waals surface area contributed by atoms with Crippen LogP contribution in [0.4, 0.5) is 11.4 Å². The van der Waals surface area contributed by atoms with Gasteiger partial charge in [0, 0.05) is 25.3 Å². The molecule has 0 radical (unpaired) electrons. The number of anilines is 2. The smallest absolute Gasteiger partial charge is 0.270 e. The summed E-state index contributed by atoms with van der Waals surface area (Å²) in [6.45, 7) is 2.52. The Bertz CT molecular complexity index is 1170. The number of nitrogens with zero attached hydrogens (tertiary/aromatic N) is 2. The van der Waals surface area contributed by atoms with Gasteiger partial charge in [0.15, 0.2) is 4.32 Å². The summed E-state index contributed by atoms with van der Waals surface area (Å²) in [5.41, 5.74) is 4.99. The Morgan fingerprint density at radius 3 is 2.38 bits per heavy atom. The zero-order valence-corrected chi connectivity index (χ0v) is 19.9. The number of carbonyl (C=O) groups is 1. The highest BCUT2D eigenvalue weighted by atomic mass is 32.2. The van der Waals surface area contributed by atoms with Crippen molar-refractivity contribution < 1.29 is 9.53 Å². The van der Waals surface area contributed by atoms with Crippen LogP contribution in [0.3, 0.4) is 0 Å². The zero-order valence-electron chi connectivity index (χ0n) is 18.2. The van der Waals surface area contributed by atoms with Crippen LogP contribution in [0.1, 0.15) is 16.7 Å². The van der Waals surface area contributed by atoms with E-state index in [1.54, 1.807) is 4.90 Å². The Kier molecular flexibility index (Phi) is 6.63. The third kappa shape index (κ3) is 4.87. The fourth-order valence-corrected chi connectivity index (χ4v) is 4.60. The Labute approximate surface area is 198 Å². The first-order chi connectivity index (χ1) is 15.4. The summed E-state index contributed by atoms with van der Waals surface area (Å²) < 4.78 is 6.59. The molecule has 1 amide bonds. The van der Waals surface area contributed by atoms with Gasteiger partial charge in [-0.2, -0.15) is 0 Å². The highest BCUT2D eigenvalue weighted by molar-refractivity contribution is 8.27. The SMILES string of the molecule is Cc1ccc(COc2ccccc2/C=C2\SC(=S)N(c3ccc(N(C)C)cc3)C2=O)cc1. The molecule has 0 N–H and O–H groups in total. The van der Waals surface area contributed by atoms with Crippen molar-refractivity contribution in [2.45, 2.75) is 13.5 Å². The van der Waals surface area contributed by atoms with Crippen LogP contribution in [-0.4, -0.2) is 24.3 Å². The maximum atomic E-state index is 13.2. The van der Waals surface area contributed by atoms with E-state index in [4.69, 9.17) is 17.0 Å². The van der Waals surface area contributed by atoms with E-state index in [-0.39, 0.29) is 5.91 Å². The van der Waals surface area contributed by atoms with Gasteiger partial charge in [-0.15, -0.1) is 0 Å². The first-order valence-corrected chi connectivity index (χ1v) is 11.5. The van der Waals surface area contributed by atoms with Crippen molar-refractivity contribution >= 4 is 51.7 Å². The van der Waals surface area contributed by atoms with E-state index in [1.807, 2.05) is 73.6 Å². The molecule has 1 saturated heterocycles. The van der Waals surface area contributed by atoms with Gasteiger partial charge in [-0.1, -0.05) is 72.0 Å². The van der Waals surface area contributed by atoms with Crippen molar-refractivity contribution in [2.24, 2.45) is 0 Å². The molecule has 1 heterocycles. The number of carbonyl (C=O) groups excluding carboxylic acids is 1. The third-order valence-corrected chi connectivity index (χ3v) is 6.44. The Balaban J connectivity index is 1.54. The molecule has 4 nitrogen and oxygen atoms in total. The van der Waals surface area contributed by atoms with Crippen LogP contribution in [0.2, 0.25) is 0 Å². The summed E-state index contributed by atoms with van der Waals surface area (Å²) in [6.07, 6.45) is 1.86. The number of hydrogen-bond donors (Lipinski definition) is 0. The van der Waals surface area contributed by atoms with Gasteiger partial charge in [0.2, 0.25) is 0 Å². The zero-order chi connectivity index (χ0) is 22.7. The molecule has 3 aromatic carbocycles. The lowest BCUT2D eigenvalue weighted by Crippen LogP contribution is -2.27. The molecule has 0 atom stereocenters. The number of para-hydroxylation sites is 1. The molecule has 4 rings (SSSR count). The summed E-state index contributed by atoms with van der Waals surface area (Å²) in [4.78, 5) is 17.3. The molecule has 0 unspecified atom stereocenters. The summed E-state index contributed by atoms with van der Waals surface area (Å²) in [6, 6.07) is 23.8. The van der Waals surface area contributed by atoms with Gasteiger partial charge in [-0.3, -0.25) is 9.69 Å². The van der Waals surface area contributed by atoms with Gasteiger partial charge in [0.05, 0.1) is 10.6 Å². The first kappa shape index (κ1) is 22.1. The van der Waals surface area contributed by atoms with Gasteiger partial charge in [0.25, 0.3) is 5.91 Å². The topological polar surface area (TPSA) is 32.8 Å². The Morgan fingerprint density at radius 2 is 1.69 bits per heavy atom. The fourth-order valence-electron chi connectivity index (χ4n) is 3.31. The van der Waals surface area contributed by atoms with E-state index >= 15 is 0 Å². The molecule has 0 saturated carbocycles. The molecule has 162 valence electrons. The van der Waals surface area contributed by atoms with Gasteiger partial charge in [-0.25, -0.2) is 0 Å². The van der Waals surface area contributed by atoms with Crippen molar-refractivity contribution in [1.29, 1.82) is 0 Å². The largest absolute Gasteiger partial charge is 0.488 e. The van der Waals surface area contributed by atoms with E-state index in [2.05, 4.69) is 31.2 Å². The van der Waals surface area contributed by atoms with E-state index in [0.717, 1.165) is 28.3 Å². The number of rotatable bonds is 6. The number of amides is 1. The minimum Gasteiger partial charge on any atom is -0.488 e. The quantitative estimate of drug-likeness (QED) is 0.331. The van der Waals surface area contributed by atoms with E-state index in [9.17, 15) is 4.79 Å². The highest BCUT2D eigenvalue weighted by Crippen LogP contribution is 2.37. The fraction of sp³-hybridized carbons (Fsp3) is 0.154. The molecule has 1 aliphatic heterocycles. The van der Waals surface area contributed by atoms with Crippen molar-refractivity contribution in [1.82, 2.24) is 0 Å². The normalized spacial score (nSPS) is 14.8. The maximum Gasteiger partial charge on any atom is 0.270 e. The Hall–Kier alpha value is -3.09. The van der Waals surface area contributed by atoms with Gasteiger partial charge in [0.1, 0.15) is 12.4 Å². The number of hydrogen-bond acceptors (Lipinski definition) is 5. The predicted molar refractivity (Wildman–Crippen MR) is 138 cm³/mol. The van der Waals surface area contributed by atoms with Crippen molar-refractivity contribution in [3.63, 3.8) is 0 Å². The summed E-state index contributed by atoms with van der Waals surface area (Å²) in [5, 5.41) is 0. The highest BCUT2D eigenvalue weighted by Gasteiger charge is 2.33. The second-order valence-electron chi connectivity index (χ2n) is 7.74. The number of ether oxygens (including phenoxy) is 1. The minimum atomic E-state index is -0.119. The second-order valence-corrected chi connectivity index (χ2v) is 9.42. The monoisotopic (exact) mass is 460 g/mol. The van der Waals surface area contributed by atoms with Crippen LogP contribution < -0.4 is 14.5 Å². The lowest BCUT2D eigenvalue weighted by atomic mass is 10.1. The molecule has 0 bridgehead atoms. The molecule has 0 aromatic heterocycles. The summed E-state index contributed by atoms with van der Waals surface area (Å²) in [5.74, 6) is 0.611. The third-order valence-electron chi connectivity index (χ3n) is 5.14. The molecule has 1 aliphatic rings. The first-order valence-electron chi connectivity index (χ1n) is 10.2. The van der Waals surface area contributed by atoms with Gasteiger partial charge >= 0.3 is 0 Å². The van der Waals surface area contributed by atoms with Crippen molar-refractivity contribution in [3.8, 4) is 5.75 Å². The lowest BCUT2D eigenvalue weighted by Gasteiger charge is -2.17. The summed E-state index contributed by atoms with van der Waals surface area (Å²) in [7, 11) is 3.96. The number of benzene rings is 3. The van der Waals surface area contributed by atoms with Crippen LogP contribution >= 0.6 is 24.0 Å².